The predicted octanol–water partition coefficient (Wildman–Crippen LogP) is 2.30. The second-order valence-corrected chi connectivity index (χ2v) is 9.71. The number of thiazole rings is 1. The van der Waals surface area contributed by atoms with Crippen LogP contribution in [0.2, 0.25) is 0 Å². The van der Waals surface area contributed by atoms with Crippen LogP contribution in [-0.2, 0) is 20.9 Å². The molecule has 1 unspecified atom stereocenters. The summed E-state index contributed by atoms with van der Waals surface area (Å²) in [5.74, 6) is -1.99. The molecule has 1 aromatic heterocycles. The number of nitrogens with one attached hydrogen (secondary N) is 1. The molecule has 8 heteroatoms. The van der Waals surface area contributed by atoms with E-state index in [0.717, 1.165) is 11.1 Å². The number of nitrogens with two attached hydrogens (primary N) is 1. The van der Waals surface area contributed by atoms with E-state index in [2.05, 4.69) is 5.32 Å². The molecule has 7 nitrogen and oxygen atoms in total. The fourth-order valence-corrected chi connectivity index (χ4v) is 5.71. The molecule has 0 bridgehead atoms. The maximum absolute atomic E-state index is 13.9. The number of nitrogens with zero attached hydrogens (tertiary/aromatic N) is 1. The van der Waals surface area contributed by atoms with Gasteiger partial charge in [0.1, 0.15) is 10.5 Å². The number of fused-ring (bicyclic) bond motifs is 1. The maximum atomic E-state index is 13.9. The highest BCUT2D eigenvalue weighted by molar-refractivity contribution is 7.07. The van der Waals surface area contributed by atoms with Crippen LogP contribution in [0.25, 0.3) is 17.5 Å². The molecular weight excluding hydrogens is 498 g/mol. The number of aromatic nitrogens is 1. The van der Waals surface area contributed by atoms with Crippen molar-refractivity contribution in [1.29, 1.82) is 0 Å². The van der Waals surface area contributed by atoms with Crippen LogP contribution in [0.1, 0.15) is 22.6 Å². The zero-order chi connectivity index (χ0) is 26.6. The van der Waals surface area contributed by atoms with Gasteiger partial charge in [0, 0.05) is 6.54 Å². The van der Waals surface area contributed by atoms with E-state index >= 15 is 0 Å². The number of rotatable bonds is 6. The van der Waals surface area contributed by atoms with Gasteiger partial charge >= 0.3 is 5.97 Å². The van der Waals surface area contributed by atoms with Gasteiger partial charge in [-0.3, -0.25) is 14.2 Å². The Balaban J connectivity index is 1.78. The summed E-state index contributed by atoms with van der Waals surface area (Å²) in [7, 11) is 1.25. The van der Waals surface area contributed by atoms with E-state index in [0.29, 0.717) is 14.8 Å². The lowest BCUT2D eigenvalue weighted by Crippen LogP contribution is -2.43. The highest BCUT2D eigenvalue weighted by Gasteiger charge is 2.38. The molecule has 0 fully saturated rings. The molecular formula is C30H25N3O4S. The van der Waals surface area contributed by atoms with Gasteiger partial charge in [-0.05, 0) is 22.8 Å². The zero-order valence-corrected chi connectivity index (χ0v) is 21.4. The van der Waals surface area contributed by atoms with E-state index in [1.54, 1.807) is 6.08 Å². The van der Waals surface area contributed by atoms with Crippen molar-refractivity contribution in [2.45, 2.75) is 12.5 Å². The minimum Gasteiger partial charge on any atom is -0.466 e. The number of carbonyl (C=O) groups is 2. The number of esters is 1. The van der Waals surface area contributed by atoms with E-state index in [4.69, 9.17) is 10.5 Å². The first-order valence-electron chi connectivity index (χ1n) is 12.0. The van der Waals surface area contributed by atoms with Crippen LogP contribution < -0.4 is 25.8 Å². The molecule has 3 N–H and O–H groups in total. The minimum atomic E-state index is -0.831. The van der Waals surface area contributed by atoms with Crippen molar-refractivity contribution in [2.24, 2.45) is 5.73 Å². The topological polar surface area (TPSA) is 103 Å². The number of methoxy groups -OCH3 is 1. The molecule has 1 amide bonds. The van der Waals surface area contributed by atoms with Crippen LogP contribution in [0.5, 0.6) is 0 Å². The smallest absolute Gasteiger partial charge is 0.338 e. The molecule has 0 saturated carbocycles. The Kier molecular flexibility index (Phi) is 7.06. The summed E-state index contributed by atoms with van der Waals surface area (Å²) in [6, 6.07) is 28.0. The third kappa shape index (κ3) is 4.69. The predicted molar refractivity (Wildman–Crippen MR) is 148 cm³/mol. The van der Waals surface area contributed by atoms with Crippen LogP contribution in [0.4, 0.5) is 0 Å². The lowest BCUT2D eigenvalue weighted by molar-refractivity contribution is -0.136. The van der Waals surface area contributed by atoms with Gasteiger partial charge in [0.25, 0.3) is 11.5 Å². The Hall–Kier alpha value is -4.69. The Morgan fingerprint density at radius 3 is 2.18 bits per heavy atom. The molecule has 5 rings (SSSR count). The van der Waals surface area contributed by atoms with Gasteiger partial charge in [0.2, 0.25) is 0 Å². The third-order valence-corrected chi connectivity index (χ3v) is 7.43. The summed E-state index contributed by atoms with van der Waals surface area (Å²) in [5.41, 5.74) is 8.84. The number of hydrogen-bond acceptors (Lipinski definition) is 6. The molecule has 0 aliphatic carbocycles. The van der Waals surface area contributed by atoms with E-state index in [1.807, 2.05) is 91.0 Å². The molecule has 4 aromatic rings. The van der Waals surface area contributed by atoms with Crippen LogP contribution in [0, 0.1) is 0 Å². The molecule has 1 aliphatic rings. The third-order valence-electron chi connectivity index (χ3n) is 6.32. The standard InChI is InChI=1S/C30H25N3O4S/c1-37-30(36)24-23(21-15-9-4-10-16-21)25(27(34)32-18-20-13-7-3-8-14-20)29-33(26(24)31)28(35)22(38-29)17-19-11-5-2-6-12-19/h2-17,23H,18,31H2,1H3,(H,32,34)/b22-17-. The number of ether oxygens (including phenoxy) is 1. The first kappa shape index (κ1) is 25.0. The van der Waals surface area contributed by atoms with Crippen molar-refractivity contribution in [3.05, 3.63) is 133 Å². The van der Waals surface area contributed by atoms with Crippen LogP contribution in [-0.4, -0.2) is 23.6 Å². The van der Waals surface area contributed by atoms with Crippen LogP contribution in [0.3, 0.4) is 0 Å². The molecule has 190 valence electrons. The van der Waals surface area contributed by atoms with E-state index in [1.165, 1.54) is 23.0 Å². The highest BCUT2D eigenvalue weighted by Crippen LogP contribution is 2.37. The second kappa shape index (κ2) is 10.7. The number of hydrogen-bond donors (Lipinski definition) is 2. The Labute approximate surface area is 222 Å². The fraction of sp³-hybridized carbons (Fsp3) is 0.100. The monoisotopic (exact) mass is 523 g/mol. The van der Waals surface area contributed by atoms with E-state index in [-0.39, 0.29) is 23.5 Å². The van der Waals surface area contributed by atoms with Crippen LogP contribution >= 0.6 is 11.3 Å². The highest BCUT2D eigenvalue weighted by atomic mass is 32.1. The lowest BCUT2D eigenvalue weighted by atomic mass is 9.83. The van der Waals surface area contributed by atoms with Crippen molar-refractivity contribution < 1.29 is 14.3 Å². The normalized spacial score (nSPS) is 15.2. The Morgan fingerprint density at radius 1 is 0.947 bits per heavy atom. The van der Waals surface area contributed by atoms with E-state index in [9.17, 15) is 14.4 Å². The van der Waals surface area contributed by atoms with Gasteiger partial charge in [0.15, 0.2) is 0 Å². The fourth-order valence-electron chi connectivity index (χ4n) is 4.53. The summed E-state index contributed by atoms with van der Waals surface area (Å²) >= 11 is 1.17. The molecule has 1 aliphatic heterocycles. The zero-order valence-electron chi connectivity index (χ0n) is 20.6. The van der Waals surface area contributed by atoms with E-state index < -0.39 is 23.4 Å². The number of benzene rings is 3. The molecule has 0 saturated heterocycles. The van der Waals surface area contributed by atoms with Gasteiger partial charge in [-0.1, -0.05) is 91.0 Å². The quantitative estimate of drug-likeness (QED) is 0.378. The molecule has 38 heavy (non-hydrogen) atoms. The summed E-state index contributed by atoms with van der Waals surface area (Å²) in [6.45, 7) is 0.274. The minimum absolute atomic E-state index is 0.0437. The van der Waals surface area contributed by atoms with Gasteiger partial charge in [0.05, 0.1) is 28.7 Å². The largest absolute Gasteiger partial charge is 0.466 e. The van der Waals surface area contributed by atoms with Crippen molar-refractivity contribution in [3.8, 4) is 0 Å². The maximum Gasteiger partial charge on any atom is 0.338 e. The Bertz CT molecular complexity index is 1710. The van der Waals surface area contributed by atoms with Crippen molar-refractivity contribution >= 4 is 40.7 Å². The SMILES string of the molecule is COC(=O)C1=C(N)n2c(s/c(=C\c3ccccc3)c2=O)=C(C(=O)NCc2ccccc2)C1c1ccccc1. The Morgan fingerprint density at radius 2 is 1.55 bits per heavy atom. The number of amides is 1. The summed E-state index contributed by atoms with van der Waals surface area (Å²) < 4.78 is 7.10. The molecule has 3 aromatic carbocycles. The van der Waals surface area contributed by atoms with Crippen molar-refractivity contribution in [3.63, 3.8) is 0 Å². The average molecular weight is 524 g/mol. The molecule has 0 radical (unpaired) electrons. The molecule has 0 spiro atoms. The summed E-state index contributed by atoms with van der Waals surface area (Å²) in [5, 5.41) is 2.97. The van der Waals surface area contributed by atoms with Gasteiger partial charge < -0.3 is 15.8 Å². The summed E-state index contributed by atoms with van der Waals surface area (Å²) in [6.07, 6.45) is 1.75. The summed E-state index contributed by atoms with van der Waals surface area (Å²) in [4.78, 5) is 40.6. The lowest BCUT2D eigenvalue weighted by Gasteiger charge is -2.27. The second-order valence-electron chi connectivity index (χ2n) is 8.68. The van der Waals surface area contributed by atoms with Crippen molar-refractivity contribution in [1.82, 2.24) is 9.88 Å². The van der Waals surface area contributed by atoms with Gasteiger partial charge in [-0.25, -0.2) is 4.79 Å². The first-order valence-corrected chi connectivity index (χ1v) is 12.8. The van der Waals surface area contributed by atoms with Gasteiger partial charge in [-0.15, -0.1) is 11.3 Å². The molecule has 1 atom stereocenters. The number of carbonyl (C=O) groups excluding carboxylic acids is 2. The van der Waals surface area contributed by atoms with Crippen molar-refractivity contribution in [2.75, 3.05) is 7.11 Å². The van der Waals surface area contributed by atoms with Crippen LogP contribution in [0.15, 0.2) is 101 Å². The first-order chi connectivity index (χ1) is 18.5. The molecule has 2 heterocycles. The average Bonchev–Trinajstić information content (AvgIpc) is 3.28. The van der Waals surface area contributed by atoms with Gasteiger partial charge in [-0.2, -0.15) is 0 Å².